The van der Waals surface area contributed by atoms with Crippen LogP contribution in [-0.4, -0.2) is 16.5 Å². The van der Waals surface area contributed by atoms with Gasteiger partial charge in [-0.3, -0.25) is 9.59 Å². The summed E-state index contributed by atoms with van der Waals surface area (Å²) < 4.78 is 0. The van der Waals surface area contributed by atoms with Crippen LogP contribution in [0.1, 0.15) is 58.8 Å². The summed E-state index contributed by atoms with van der Waals surface area (Å²) in [6.45, 7) is 15.0. The third-order valence-electron chi connectivity index (χ3n) is 7.74. The van der Waals surface area contributed by atoms with Crippen molar-refractivity contribution in [2.24, 2.45) is 28.6 Å². The van der Waals surface area contributed by atoms with E-state index >= 15 is 0 Å². The molecule has 144 valence electrons. The lowest BCUT2D eigenvalue weighted by Gasteiger charge is -2.56. The van der Waals surface area contributed by atoms with Crippen LogP contribution < -0.4 is 0 Å². The molecule has 0 radical (unpaired) electrons. The van der Waals surface area contributed by atoms with Crippen LogP contribution in [-0.2, 0) is 9.59 Å². The zero-order valence-corrected chi connectivity index (χ0v) is 18.7. The molecule has 5 atom stereocenters. The third-order valence-corrected chi connectivity index (χ3v) is 7.74. The van der Waals surface area contributed by atoms with E-state index in [1.165, 1.54) is 24.8 Å². The molecule has 26 heavy (non-hydrogen) atoms. The van der Waals surface area contributed by atoms with E-state index in [-0.39, 0.29) is 22.4 Å². The Bertz CT molecular complexity index is 634. The Morgan fingerprint density at radius 1 is 1.00 bits per heavy atom. The maximum absolute atomic E-state index is 12.8. The average molecular weight is 468 g/mol. The van der Waals surface area contributed by atoms with Crippen molar-refractivity contribution in [3.8, 4) is 0 Å². The SMILES string of the molecule is C=C.C=C1CCC2C3CC(=O)C4=CC(=O)CCC4(C)C3CCC12C.CI. The minimum atomic E-state index is -0.0564. The first-order valence-corrected chi connectivity index (χ1v) is 11.9. The molecule has 5 unspecified atom stereocenters. The number of ketones is 2. The molecule has 0 aromatic rings. The van der Waals surface area contributed by atoms with E-state index in [2.05, 4.69) is 56.2 Å². The zero-order chi connectivity index (χ0) is 19.7. The lowest BCUT2D eigenvalue weighted by Crippen LogP contribution is -2.52. The summed E-state index contributed by atoms with van der Waals surface area (Å²) in [5.41, 5.74) is 2.46. The summed E-state index contributed by atoms with van der Waals surface area (Å²) in [6.07, 6.45) is 8.57. The summed E-state index contributed by atoms with van der Waals surface area (Å²) in [5, 5.41) is 0. The highest BCUT2D eigenvalue weighted by molar-refractivity contribution is 14.1. The molecule has 3 fully saturated rings. The summed E-state index contributed by atoms with van der Waals surface area (Å²) in [7, 11) is 0. The van der Waals surface area contributed by atoms with Gasteiger partial charge in [0, 0.05) is 18.4 Å². The molecule has 0 heterocycles. The number of carbonyl (C=O) groups excluding carboxylic acids is 2. The number of hydrogen-bond donors (Lipinski definition) is 0. The van der Waals surface area contributed by atoms with Gasteiger partial charge in [-0.1, -0.05) is 48.6 Å². The maximum atomic E-state index is 12.8. The Morgan fingerprint density at radius 3 is 2.27 bits per heavy atom. The quantitative estimate of drug-likeness (QED) is 0.244. The molecule has 0 spiro atoms. The monoisotopic (exact) mass is 468 g/mol. The van der Waals surface area contributed by atoms with Crippen LogP contribution in [0.15, 0.2) is 37.0 Å². The van der Waals surface area contributed by atoms with E-state index in [0.717, 1.165) is 18.4 Å². The molecule has 0 aromatic carbocycles. The second kappa shape index (κ2) is 8.12. The van der Waals surface area contributed by atoms with Gasteiger partial charge in [-0.2, -0.15) is 0 Å². The highest BCUT2D eigenvalue weighted by atomic mass is 127. The number of fused-ring (bicyclic) bond motifs is 5. The van der Waals surface area contributed by atoms with Gasteiger partial charge in [0.1, 0.15) is 0 Å². The van der Waals surface area contributed by atoms with Crippen molar-refractivity contribution in [2.75, 3.05) is 4.93 Å². The van der Waals surface area contributed by atoms with Crippen molar-refractivity contribution in [2.45, 2.75) is 58.8 Å². The lowest BCUT2D eigenvalue weighted by atomic mass is 9.47. The van der Waals surface area contributed by atoms with Crippen molar-refractivity contribution in [1.82, 2.24) is 0 Å². The van der Waals surface area contributed by atoms with E-state index in [1.54, 1.807) is 6.08 Å². The van der Waals surface area contributed by atoms with Gasteiger partial charge in [-0.15, -0.1) is 13.2 Å². The summed E-state index contributed by atoms with van der Waals surface area (Å²) in [4.78, 5) is 26.5. The lowest BCUT2D eigenvalue weighted by molar-refractivity contribution is -0.129. The molecule has 2 nitrogen and oxygen atoms in total. The summed E-state index contributed by atoms with van der Waals surface area (Å²) in [5.74, 6) is 2.10. The van der Waals surface area contributed by atoms with Crippen molar-refractivity contribution < 1.29 is 9.59 Å². The third kappa shape index (κ3) is 3.18. The van der Waals surface area contributed by atoms with Crippen LogP contribution in [0.3, 0.4) is 0 Å². The highest BCUT2D eigenvalue weighted by Crippen LogP contribution is 2.65. The van der Waals surface area contributed by atoms with Crippen LogP contribution in [0, 0.1) is 28.6 Å². The molecule has 4 aliphatic carbocycles. The Hall–Kier alpha value is -0.710. The van der Waals surface area contributed by atoms with Gasteiger partial charge >= 0.3 is 0 Å². The molecule has 0 amide bonds. The molecule has 3 saturated carbocycles. The van der Waals surface area contributed by atoms with Gasteiger partial charge in [0.25, 0.3) is 0 Å². The Labute approximate surface area is 172 Å². The number of alkyl halides is 1. The Kier molecular flexibility index (Phi) is 6.74. The largest absolute Gasteiger partial charge is 0.295 e. The molecule has 0 N–H and O–H groups in total. The van der Waals surface area contributed by atoms with Crippen molar-refractivity contribution >= 4 is 34.2 Å². The topological polar surface area (TPSA) is 34.1 Å². The normalized spacial score (nSPS) is 40.7. The fraction of sp³-hybridized carbons (Fsp3) is 0.652. The van der Waals surface area contributed by atoms with E-state index in [9.17, 15) is 9.59 Å². The van der Waals surface area contributed by atoms with E-state index in [0.29, 0.717) is 30.6 Å². The first-order chi connectivity index (χ1) is 12.4. The van der Waals surface area contributed by atoms with Crippen molar-refractivity contribution in [1.29, 1.82) is 0 Å². The number of allylic oxidation sites excluding steroid dienone is 2. The van der Waals surface area contributed by atoms with Gasteiger partial charge < -0.3 is 0 Å². The van der Waals surface area contributed by atoms with Gasteiger partial charge in [-0.05, 0) is 71.7 Å². The molecular formula is C23H33IO2. The predicted molar refractivity (Wildman–Crippen MR) is 117 cm³/mol. The highest BCUT2D eigenvalue weighted by Gasteiger charge is 2.59. The average Bonchev–Trinajstić information content (AvgIpc) is 2.95. The molecule has 4 aliphatic rings. The number of rotatable bonds is 0. The summed E-state index contributed by atoms with van der Waals surface area (Å²) >= 11 is 2.15. The van der Waals surface area contributed by atoms with Crippen LogP contribution >= 0.6 is 22.6 Å². The van der Waals surface area contributed by atoms with E-state index < -0.39 is 0 Å². The van der Waals surface area contributed by atoms with Crippen LogP contribution in [0.4, 0.5) is 0 Å². The van der Waals surface area contributed by atoms with Crippen LogP contribution in [0.25, 0.3) is 0 Å². The minimum Gasteiger partial charge on any atom is -0.295 e. The number of hydrogen-bond acceptors (Lipinski definition) is 2. The number of carbonyl (C=O) groups is 2. The maximum Gasteiger partial charge on any atom is 0.159 e. The molecule has 0 saturated heterocycles. The fourth-order valence-corrected chi connectivity index (χ4v) is 6.29. The molecular weight excluding hydrogens is 435 g/mol. The second-order valence-electron chi connectivity index (χ2n) is 8.54. The second-order valence-corrected chi connectivity index (χ2v) is 8.54. The molecule has 3 heteroatoms. The first kappa shape index (κ1) is 21.6. The van der Waals surface area contributed by atoms with Gasteiger partial charge in [-0.25, -0.2) is 0 Å². The van der Waals surface area contributed by atoms with Crippen molar-refractivity contribution in [3.05, 3.63) is 37.0 Å². The fourth-order valence-electron chi connectivity index (χ4n) is 6.29. The van der Waals surface area contributed by atoms with Gasteiger partial charge in [0.15, 0.2) is 11.6 Å². The van der Waals surface area contributed by atoms with E-state index in [4.69, 9.17) is 0 Å². The van der Waals surface area contributed by atoms with Crippen LogP contribution in [0.2, 0.25) is 0 Å². The standard InChI is InChI=1S/C20H26O2.C2H4.CH3I/c1-12-4-5-15-14-11-18(22)17-10-13(21)6-8-20(17,3)16(14)7-9-19(12,15)2;2*1-2/h10,14-16H,1,4-9,11H2,2-3H3;1-2H2;1H3. The molecule has 0 aromatic heterocycles. The smallest absolute Gasteiger partial charge is 0.159 e. The summed E-state index contributed by atoms with van der Waals surface area (Å²) in [6, 6.07) is 0. The number of halogens is 1. The predicted octanol–water partition coefficient (Wildman–Crippen LogP) is 6.11. The van der Waals surface area contributed by atoms with Gasteiger partial charge in [0.2, 0.25) is 0 Å². The molecule has 0 aliphatic heterocycles. The minimum absolute atomic E-state index is 0.0564. The molecule has 0 bridgehead atoms. The Balaban J connectivity index is 0.000000570. The first-order valence-electron chi connectivity index (χ1n) is 9.70. The van der Waals surface area contributed by atoms with Gasteiger partial charge in [0.05, 0.1) is 0 Å². The molecule has 4 rings (SSSR count). The number of Topliss-reactive ketones (excluding diaryl/α,β-unsaturated/α-hetero) is 1. The zero-order valence-electron chi connectivity index (χ0n) is 16.6. The van der Waals surface area contributed by atoms with E-state index in [1.807, 2.05) is 4.93 Å². The van der Waals surface area contributed by atoms with Crippen molar-refractivity contribution in [3.63, 3.8) is 0 Å². The van der Waals surface area contributed by atoms with Crippen LogP contribution in [0.5, 0.6) is 0 Å². The Morgan fingerprint density at radius 2 is 1.62 bits per heavy atom.